The second-order valence-electron chi connectivity index (χ2n) is 36.9. The van der Waals surface area contributed by atoms with Gasteiger partial charge in [-0.3, -0.25) is 0 Å². The molecule has 18 aromatic carbocycles. The molecule has 5 nitrogen and oxygen atoms in total. The molecule has 0 saturated heterocycles. The van der Waals surface area contributed by atoms with Crippen LogP contribution in [-0.2, 0) is 10.8 Å². The molecule has 28 rings (SSSR count). The van der Waals surface area contributed by atoms with E-state index in [9.17, 15) is 0 Å². The highest BCUT2D eigenvalue weighted by Gasteiger charge is 2.58. The van der Waals surface area contributed by atoms with Crippen molar-refractivity contribution in [3.8, 4) is 78.1 Å². The number of benzene rings is 18. The molecular weight excluding hydrogens is 1570 g/mol. The zero-order valence-corrected chi connectivity index (χ0v) is 71.6. The van der Waals surface area contributed by atoms with Crippen LogP contribution in [0.5, 0.6) is 0 Å². The Morgan fingerprint density at radius 3 is 1.10 bits per heavy atom. The van der Waals surface area contributed by atoms with Gasteiger partial charge in [-0.15, -0.1) is 11.3 Å². The first kappa shape index (κ1) is 73.5. The number of aromatic nitrogens is 2. The number of rotatable bonds is 12. The van der Waals surface area contributed by atoms with Crippen molar-refractivity contribution in [3.63, 3.8) is 0 Å². The minimum absolute atomic E-state index is 0.186. The molecule has 0 radical (unpaired) electrons. The van der Waals surface area contributed by atoms with Gasteiger partial charge in [-0.2, -0.15) is 0 Å². The standard InChI is InChI=1S/C61H44N2O.C61H44N2S/c2*1-2-11-44(12-3-1)63-56-19-8-5-13-49(56)52-36-46(31-33-57(52)63)62(47-32-34-59-53(37-47)50-14-6-9-20-58(50)64-59)45-29-26-41(27-30-45)40-22-24-42(25-23-40)48-16-10-18-55-60(48)51-15-4-7-17-54(51)61(55)38-39-21-28-43(61)35-39/h2*1-20,22-27,29-34,36-37,39,43H,21,28,35,38H2. The van der Waals surface area contributed by atoms with Crippen LogP contribution in [0.15, 0.2) is 417 Å². The Hall–Kier alpha value is -14.8. The summed E-state index contributed by atoms with van der Waals surface area (Å²) in [6.45, 7) is 0. The number of nitrogens with zero attached hydrogens (tertiary/aromatic N) is 4. The van der Waals surface area contributed by atoms with Crippen LogP contribution >= 0.6 is 11.3 Å². The number of para-hydroxylation sites is 5. The van der Waals surface area contributed by atoms with Crippen molar-refractivity contribution in [2.75, 3.05) is 9.80 Å². The predicted molar refractivity (Wildman–Crippen MR) is 536 cm³/mol. The van der Waals surface area contributed by atoms with E-state index >= 15 is 0 Å². The summed E-state index contributed by atoms with van der Waals surface area (Å²) in [6.07, 6.45) is 10.9. The molecule has 6 unspecified atom stereocenters. The number of thiophene rings is 1. The third kappa shape index (κ3) is 11.2. The Bertz CT molecular complexity index is 7750. The van der Waals surface area contributed by atoms with Crippen molar-refractivity contribution in [3.05, 3.63) is 435 Å². The molecule has 6 atom stereocenters. The molecule has 608 valence electrons. The fourth-order valence-corrected chi connectivity index (χ4v) is 26.2. The van der Waals surface area contributed by atoms with Gasteiger partial charge >= 0.3 is 0 Å². The van der Waals surface area contributed by atoms with Crippen LogP contribution in [0, 0.1) is 23.7 Å². The van der Waals surface area contributed by atoms with Crippen molar-refractivity contribution < 1.29 is 4.42 Å². The topological polar surface area (TPSA) is 29.5 Å². The highest BCUT2D eigenvalue weighted by Crippen LogP contribution is 2.69. The lowest BCUT2D eigenvalue weighted by molar-refractivity contribution is 0.327. The molecule has 0 aliphatic heterocycles. The average molecular weight is 1660 g/mol. The largest absolute Gasteiger partial charge is 0.456 e. The van der Waals surface area contributed by atoms with E-state index in [-0.39, 0.29) is 10.8 Å². The fourth-order valence-electron chi connectivity index (χ4n) is 25.2. The van der Waals surface area contributed by atoms with Crippen molar-refractivity contribution >= 4 is 131 Å². The van der Waals surface area contributed by atoms with E-state index < -0.39 is 0 Å². The predicted octanol–water partition coefficient (Wildman–Crippen LogP) is 33.6. The number of hydrogen-bond donors (Lipinski definition) is 0. The minimum atomic E-state index is 0.186. The van der Waals surface area contributed by atoms with Gasteiger partial charge < -0.3 is 23.4 Å². The molecular formula is C122H88N4OS. The highest BCUT2D eigenvalue weighted by atomic mass is 32.1. The van der Waals surface area contributed by atoms with Crippen LogP contribution in [0.3, 0.4) is 0 Å². The lowest BCUT2D eigenvalue weighted by atomic mass is 9.66. The van der Waals surface area contributed by atoms with Crippen LogP contribution in [0.2, 0.25) is 0 Å². The first-order valence-electron chi connectivity index (χ1n) is 45.9. The number of fused-ring (bicyclic) bond motifs is 28. The molecule has 6 aliphatic rings. The summed E-state index contributed by atoms with van der Waals surface area (Å²) < 4.78 is 13.7. The smallest absolute Gasteiger partial charge is 0.135 e. The molecule has 4 bridgehead atoms. The maximum atomic E-state index is 6.30. The third-order valence-corrected chi connectivity index (χ3v) is 31.7. The molecule has 0 amide bonds. The summed E-state index contributed by atoms with van der Waals surface area (Å²) >= 11 is 1.86. The Morgan fingerprint density at radius 1 is 0.250 bits per heavy atom. The first-order chi connectivity index (χ1) is 63.4. The van der Waals surface area contributed by atoms with Crippen LogP contribution in [0.4, 0.5) is 34.1 Å². The molecule has 6 aliphatic carbocycles. The minimum Gasteiger partial charge on any atom is -0.456 e. The van der Waals surface area contributed by atoms with Crippen LogP contribution in [0.1, 0.15) is 73.6 Å². The van der Waals surface area contributed by atoms with Crippen LogP contribution in [-0.4, -0.2) is 9.13 Å². The van der Waals surface area contributed by atoms with Gasteiger partial charge in [-0.1, -0.05) is 280 Å². The molecule has 22 aromatic rings. The second-order valence-corrected chi connectivity index (χ2v) is 38.0. The van der Waals surface area contributed by atoms with Gasteiger partial charge in [-0.25, -0.2) is 0 Å². The highest BCUT2D eigenvalue weighted by molar-refractivity contribution is 7.25. The Kier molecular flexibility index (Phi) is 16.6. The zero-order chi connectivity index (χ0) is 83.9. The molecule has 6 heteroatoms. The molecule has 4 fully saturated rings. The summed E-state index contributed by atoms with van der Waals surface area (Å²) in [5.41, 5.74) is 38.2. The Labute approximate surface area is 747 Å². The van der Waals surface area contributed by atoms with E-state index in [0.717, 1.165) is 85.4 Å². The molecule has 2 spiro atoms. The molecule has 128 heavy (non-hydrogen) atoms. The second kappa shape index (κ2) is 28.9. The van der Waals surface area contributed by atoms with E-state index in [1.54, 1.807) is 22.3 Å². The summed E-state index contributed by atoms with van der Waals surface area (Å²) in [5.74, 6) is 3.25. The van der Waals surface area contributed by atoms with Crippen molar-refractivity contribution in [2.24, 2.45) is 23.7 Å². The van der Waals surface area contributed by atoms with Gasteiger partial charge in [0.25, 0.3) is 0 Å². The SMILES string of the molecule is c1ccc(-n2c3ccccc3c3cc(N(c4ccc(-c5ccc(-c6cccc7c6-c6ccccc6C76CC7CCC6C7)cc5)cc4)c4ccc5oc6ccccc6c5c4)ccc32)cc1.c1ccc(-n2c3ccccc3c3cc(N(c4ccc(-c5ccc(-c6cccc7c6-c6ccccc6C76CC7CCC6C7)cc5)cc4)c4ccc5sc6ccccc6c5c4)ccc32)cc1. The van der Waals surface area contributed by atoms with E-state index in [4.69, 9.17) is 4.42 Å². The fraction of sp³-hybridized carbons (Fsp3) is 0.115. The average Bonchev–Trinajstić information content (AvgIpc) is 1.53. The third-order valence-electron chi connectivity index (χ3n) is 30.5. The Balaban J connectivity index is 0.000000132. The molecule has 0 N–H and O–H groups in total. The molecule has 4 aromatic heterocycles. The maximum Gasteiger partial charge on any atom is 0.135 e. The van der Waals surface area contributed by atoms with Gasteiger partial charge in [0.1, 0.15) is 11.2 Å². The van der Waals surface area contributed by atoms with Crippen LogP contribution < -0.4 is 9.80 Å². The van der Waals surface area contributed by atoms with Crippen molar-refractivity contribution in [1.29, 1.82) is 0 Å². The van der Waals surface area contributed by atoms with Gasteiger partial charge in [0.05, 0.1) is 22.1 Å². The van der Waals surface area contributed by atoms with E-state index in [0.29, 0.717) is 0 Å². The van der Waals surface area contributed by atoms with Gasteiger partial charge in [0.2, 0.25) is 0 Å². The van der Waals surface area contributed by atoms with Crippen molar-refractivity contribution in [2.45, 2.75) is 62.2 Å². The van der Waals surface area contributed by atoms with E-state index in [1.165, 1.54) is 188 Å². The zero-order valence-electron chi connectivity index (χ0n) is 70.8. The quantitative estimate of drug-likeness (QED) is 0.122. The van der Waals surface area contributed by atoms with Gasteiger partial charge in [0, 0.05) is 109 Å². The molecule has 4 heterocycles. The normalized spacial score (nSPS) is 18.4. The van der Waals surface area contributed by atoms with Gasteiger partial charge in [0.15, 0.2) is 0 Å². The summed E-state index contributed by atoms with van der Waals surface area (Å²) in [4.78, 5) is 4.82. The number of anilines is 6. The number of hydrogen-bond acceptors (Lipinski definition) is 4. The first-order valence-corrected chi connectivity index (χ1v) is 46.7. The van der Waals surface area contributed by atoms with E-state index in [1.807, 2.05) is 23.5 Å². The maximum absolute atomic E-state index is 6.30. The van der Waals surface area contributed by atoms with Crippen molar-refractivity contribution in [1.82, 2.24) is 9.13 Å². The summed E-state index contributed by atoms with van der Waals surface area (Å²) in [7, 11) is 0. The summed E-state index contributed by atoms with van der Waals surface area (Å²) in [5, 5.41) is 9.75. The number of furan rings is 1. The monoisotopic (exact) mass is 1660 g/mol. The Morgan fingerprint density at radius 2 is 0.609 bits per heavy atom. The lowest BCUT2D eigenvalue weighted by Gasteiger charge is -2.36. The van der Waals surface area contributed by atoms with Crippen LogP contribution in [0.25, 0.3) is 164 Å². The van der Waals surface area contributed by atoms with Gasteiger partial charge in [-0.05, 0) is 297 Å². The molecule has 4 saturated carbocycles. The lowest BCUT2D eigenvalue weighted by Crippen LogP contribution is -2.31. The summed E-state index contributed by atoms with van der Waals surface area (Å²) in [6, 6.07) is 153. The van der Waals surface area contributed by atoms with E-state index in [2.05, 4.69) is 419 Å².